The van der Waals surface area contributed by atoms with Crippen LogP contribution in [0.2, 0.25) is 0 Å². The average molecular weight is 234 g/mol. The number of aliphatic imine (C=N–C) groups is 1. The third kappa shape index (κ3) is 1.46. The fourth-order valence-electron chi connectivity index (χ4n) is 2.74. The van der Waals surface area contributed by atoms with Crippen LogP contribution in [0.25, 0.3) is 5.57 Å². The smallest absolute Gasteiger partial charge is 0.0716 e. The molecule has 0 saturated heterocycles. The maximum Gasteiger partial charge on any atom is 0.0716 e. The normalized spacial score (nSPS) is 20.2. The highest BCUT2D eigenvalue weighted by atomic mass is 15.1. The maximum absolute atomic E-state index is 4.75. The molecule has 0 atom stereocenters. The van der Waals surface area contributed by atoms with E-state index in [1.165, 1.54) is 16.7 Å². The minimum Gasteiger partial charge on any atom is -0.373 e. The van der Waals surface area contributed by atoms with Crippen molar-refractivity contribution >= 4 is 17.0 Å². The first-order valence-electron chi connectivity index (χ1n) is 6.42. The largest absolute Gasteiger partial charge is 0.373 e. The molecule has 0 saturated carbocycles. The number of allylic oxidation sites excluding steroid dienone is 3. The Hall–Kier alpha value is -2.09. The van der Waals surface area contributed by atoms with Gasteiger partial charge in [0.2, 0.25) is 0 Å². The van der Waals surface area contributed by atoms with Crippen LogP contribution in [0.3, 0.4) is 0 Å². The number of benzene rings is 1. The Morgan fingerprint density at radius 2 is 2.11 bits per heavy atom. The molecule has 0 spiro atoms. The molecule has 2 nitrogen and oxygen atoms in total. The van der Waals surface area contributed by atoms with Crippen LogP contribution >= 0.6 is 0 Å². The second-order valence-corrected chi connectivity index (χ2v) is 4.91. The summed E-state index contributed by atoms with van der Waals surface area (Å²) in [5, 5.41) is 0. The van der Waals surface area contributed by atoms with Crippen molar-refractivity contribution in [2.24, 2.45) is 4.99 Å². The molecule has 0 amide bonds. The number of fused-ring (bicyclic) bond motifs is 3. The van der Waals surface area contributed by atoms with E-state index >= 15 is 0 Å². The molecule has 1 aromatic rings. The molecular formula is C16H14N2. The van der Waals surface area contributed by atoms with Gasteiger partial charge >= 0.3 is 0 Å². The van der Waals surface area contributed by atoms with Gasteiger partial charge in [-0.05, 0) is 36.4 Å². The Morgan fingerprint density at radius 3 is 3.00 bits per heavy atom. The van der Waals surface area contributed by atoms with E-state index in [2.05, 4.69) is 53.6 Å². The van der Waals surface area contributed by atoms with E-state index in [0.717, 1.165) is 30.9 Å². The molecule has 4 aliphatic rings. The molecule has 2 heteroatoms. The van der Waals surface area contributed by atoms with E-state index in [0.29, 0.717) is 0 Å². The molecule has 88 valence electrons. The van der Waals surface area contributed by atoms with Gasteiger partial charge in [0.25, 0.3) is 0 Å². The summed E-state index contributed by atoms with van der Waals surface area (Å²) >= 11 is 0. The van der Waals surface area contributed by atoms with Crippen LogP contribution in [0.1, 0.15) is 12.0 Å². The van der Waals surface area contributed by atoms with E-state index in [1.807, 2.05) is 0 Å². The van der Waals surface area contributed by atoms with E-state index in [4.69, 9.17) is 4.99 Å². The van der Waals surface area contributed by atoms with Crippen molar-refractivity contribution in [2.45, 2.75) is 6.42 Å². The second kappa shape index (κ2) is 3.70. The van der Waals surface area contributed by atoms with Gasteiger partial charge in [-0.25, -0.2) is 4.99 Å². The molecule has 0 fully saturated rings. The zero-order chi connectivity index (χ0) is 11.9. The molecule has 18 heavy (non-hydrogen) atoms. The molecule has 0 aliphatic carbocycles. The van der Waals surface area contributed by atoms with Gasteiger partial charge in [-0.2, -0.15) is 0 Å². The summed E-state index contributed by atoms with van der Waals surface area (Å²) in [6.45, 7) is 2.08. The van der Waals surface area contributed by atoms with Crippen LogP contribution in [0, 0.1) is 0 Å². The average Bonchev–Trinajstić information content (AvgIpc) is 2.79. The third-order valence-corrected chi connectivity index (χ3v) is 3.75. The molecule has 4 heterocycles. The van der Waals surface area contributed by atoms with Gasteiger partial charge in [-0.3, -0.25) is 0 Å². The van der Waals surface area contributed by atoms with Gasteiger partial charge < -0.3 is 4.90 Å². The van der Waals surface area contributed by atoms with Crippen molar-refractivity contribution in [1.29, 1.82) is 0 Å². The van der Waals surface area contributed by atoms with Gasteiger partial charge in [-0.15, -0.1) is 0 Å². The standard InChI is InChI=1S/C16H14N2/c1-2-4-15-13(3-1)14-7-10-18-8-5-12(6-9-18)11-16(14)17-15/h1-5,7-8,11H,6,9-10H2. The molecule has 5 rings (SSSR count). The fraction of sp³-hybridized carbons (Fsp3) is 0.188. The summed E-state index contributed by atoms with van der Waals surface area (Å²) in [6, 6.07) is 8.40. The van der Waals surface area contributed by atoms with Crippen molar-refractivity contribution in [3.05, 3.63) is 59.8 Å². The number of rotatable bonds is 0. The van der Waals surface area contributed by atoms with Crippen LogP contribution < -0.4 is 0 Å². The first-order valence-corrected chi connectivity index (χ1v) is 6.42. The Morgan fingerprint density at radius 1 is 1.17 bits per heavy atom. The van der Waals surface area contributed by atoms with Crippen molar-refractivity contribution < 1.29 is 0 Å². The van der Waals surface area contributed by atoms with Gasteiger partial charge in [0.1, 0.15) is 0 Å². The number of para-hydroxylation sites is 1. The minimum absolute atomic E-state index is 0.973. The summed E-state index contributed by atoms with van der Waals surface area (Å²) in [6.07, 6.45) is 10.1. The highest BCUT2D eigenvalue weighted by Gasteiger charge is 2.21. The number of hydrogen-bond acceptors (Lipinski definition) is 2. The maximum atomic E-state index is 4.75. The van der Waals surface area contributed by atoms with E-state index in [9.17, 15) is 0 Å². The summed E-state index contributed by atoms with van der Waals surface area (Å²) in [7, 11) is 0. The molecule has 0 aromatic heterocycles. The minimum atomic E-state index is 0.973. The molecule has 2 bridgehead atoms. The summed E-state index contributed by atoms with van der Waals surface area (Å²) in [5.74, 6) is 0. The Bertz CT molecular complexity index is 632. The Kier molecular flexibility index (Phi) is 2.04. The van der Waals surface area contributed by atoms with E-state index in [1.54, 1.807) is 0 Å². The van der Waals surface area contributed by atoms with Crippen LogP contribution in [-0.2, 0) is 0 Å². The van der Waals surface area contributed by atoms with Crippen LogP contribution in [0.15, 0.2) is 59.3 Å². The molecule has 4 aliphatic heterocycles. The zero-order valence-electron chi connectivity index (χ0n) is 10.1. The van der Waals surface area contributed by atoms with Gasteiger partial charge in [0.05, 0.1) is 11.4 Å². The molecule has 0 unspecified atom stereocenters. The monoisotopic (exact) mass is 234 g/mol. The van der Waals surface area contributed by atoms with Gasteiger partial charge in [0, 0.05) is 24.2 Å². The third-order valence-electron chi connectivity index (χ3n) is 3.75. The Balaban J connectivity index is 1.90. The van der Waals surface area contributed by atoms with E-state index < -0.39 is 0 Å². The summed E-state index contributed by atoms with van der Waals surface area (Å²) in [5.41, 5.74) is 6.17. The molecule has 0 radical (unpaired) electrons. The Labute approximate surface area is 107 Å². The predicted molar refractivity (Wildman–Crippen MR) is 74.9 cm³/mol. The van der Waals surface area contributed by atoms with Crippen molar-refractivity contribution in [3.8, 4) is 0 Å². The van der Waals surface area contributed by atoms with Crippen molar-refractivity contribution in [2.75, 3.05) is 13.1 Å². The predicted octanol–water partition coefficient (Wildman–Crippen LogP) is 3.32. The molecular weight excluding hydrogens is 220 g/mol. The SMILES string of the molecule is C1=CN2CC=C3C(=Nc4ccccc43)C=C1CC2. The second-order valence-electron chi connectivity index (χ2n) is 4.91. The van der Waals surface area contributed by atoms with E-state index in [-0.39, 0.29) is 0 Å². The lowest BCUT2D eigenvalue weighted by Gasteiger charge is -2.22. The summed E-state index contributed by atoms with van der Waals surface area (Å²) < 4.78 is 0. The molecule has 1 aromatic carbocycles. The van der Waals surface area contributed by atoms with Gasteiger partial charge in [-0.1, -0.05) is 24.3 Å². The number of hydrogen-bond donors (Lipinski definition) is 0. The molecule has 0 N–H and O–H groups in total. The highest BCUT2D eigenvalue weighted by molar-refractivity contribution is 6.34. The van der Waals surface area contributed by atoms with Crippen molar-refractivity contribution in [1.82, 2.24) is 4.90 Å². The highest BCUT2D eigenvalue weighted by Crippen LogP contribution is 2.36. The first kappa shape index (κ1) is 9.89. The first-order chi connectivity index (χ1) is 8.90. The lowest BCUT2D eigenvalue weighted by atomic mass is 10.0. The van der Waals surface area contributed by atoms with Crippen LogP contribution in [-0.4, -0.2) is 23.7 Å². The van der Waals surface area contributed by atoms with Crippen LogP contribution in [0.5, 0.6) is 0 Å². The fourth-order valence-corrected chi connectivity index (χ4v) is 2.74. The quantitative estimate of drug-likeness (QED) is 0.672. The lowest BCUT2D eigenvalue weighted by molar-refractivity contribution is 0.410. The summed E-state index contributed by atoms with van der Waals surface area (Å²) in [4.78, 5) is 7.11. The topological polar surface area (TPSA) is 15.6 Å². The zero-order valence-corrected chi connectivity index (χ0v) is 10.1. The number of nitrogens with zero attached hydrogens (tertiary/aromatic N) is 2. The van der Waals surface area contributed by atoms with Crippen molar-refractivity contribution in [3.63, 3.8) is 0 Å². The van der Waals surface area contributed by atoms with Crippen LogP contribution in [0.4, 0.5) is 5.69 Å². The lowest BCUT2D eigenvalue weighted by Crippen LogP contribution is -2.21. The van der Waals surface area contributed by atoms with Gasteiger partial charge in [0.15, 0.2) is 0 Å².